The molecule has 90 valence electrons. The van der Waals surface area contributed by atoms with E-state index in [1.807, 2.05) is 6.07 Å². The second kappa shape index (κ2) is 5.07. The van der Waals surface area contributed by atoms with Gasteiger partial charge in [0.15, 0.2) is 17.4 Å². The molecule has 6 nitrogen and oxygen atoms in total. The van der Waals surface area contributed by atoms with Gasteiger partial charge in [0.2, 0.25) is 5.88 Å². The Morgan fingerprint density at radius 1 is 1.39 bits per heavy atom. The van der Waals surface area contributed by atoms with Crippen molar-refractivity contribution in [2.75, 3.05) is 5.43 Å². The molecular weight excluding hydrogens is 237 g/mol. The van der Waals surface area contributed by atoms with Crippen molar-refractivity contribution >= 4 is 5.82 Å². The zero-order chi connectivity index (χ0) is 13.0. The number of ether oxygens (including phenoxy) is 1. The van der Waals surface area contributed by atoms with Crippen molar-refractivity contribution in [2.24, 2.45) is 5.84 Å². The maximum atomic E-state index is 13.5. The average molecular weight is 245 g/mol. The fourth-order valence-electron chi connectivity index (χ4n) is 1.23. The number of nitrogens with zero attached hydrogens (tertiary/aromatic N) is 3. The highest BCUT2D eigenvalue weighted by molar-refractivity contribution is 5.38. The summed E-state index contributed by atoms with van der Waals surface area (Å²) in [5, 5.41) is 8.61. The van der Waals surface area contributed by atoms with Gasteiger partial charge in [-0.15, -0.1) is 0 Å². The van der Waals surface area contributed by atoms with E-state index < -0.39 is 5.82 Å². The number of anilines is 1. The smallest absolute Gasteiger partial charge is 0.239 e. The molecule has 2 rings (SSSR count). The van der Waals surface area contributed by atoms with Gasteiger partial charge in [0.05, 0.1) is 24.0 Å². The van der Waals surface area contributed by atoms with Crippen LogP contribution in [0, 0.1) is 17.1 Å². The Kier molecular flexibility index (Phi) is 3.31. The Morgan fingerprint density at radius 3 is 2.89 bits per heavy atom. The minimum Gasteiger partial charge on any atom is -0.434 e. The quantitative estimate of drug-likeness (QED) is 0.629. The second-order valence-electron chi connectivity index (χ2n) is 3.25. The van der Waals surface area contributed by atoms with Crippen molar-refractivity contribution in [1.29, 1.82) is 5.26 Å². The molecule has 0 amide bonds. The number of hydrogen-bond acceptors (Lipinski definition) is 6. The van der Waals surface area contributed by atoms with E-state index in [0.29, 0.717) is 5.82 Å². The molecule has 0 fully saturated rings. The van der Waals surface area contributed by atoms with Gasteiger partial charge in [0, 0.05) is 0 Å². The molecule has 0 spiro atoms. The number of benzene rings is 1. The van der Waals surface area contributed by atoms with E-state index in [9.17, 15) is 4.39 Å². The SMILES string of the molecule is N#Cc1ccc(Oc2cncc(NN)n2)c(F)c1. The van der Waals surface area contributed by atoms with E-state index >= 15 is 0 Å². The molecular formula is C11H8FN5O. The molecule has 0 radical (unpaired) electrons. The predicted molar refractivity (Wildman–Crippen MR) is 61.0 cm³/mol. The van der Waals surface area contributed by atoms with Crippen LogP contribution in [0.5, 0.6) is 11.6 Å². The number of nitrogens with one attached hydrogen (secondary N) is 1. The van der Waals surface area contributed by atoms with E-state index in [1.165, 1.54) is 24.5 Å². The summed E-state index contributed by atoms with van der Waals surface area (Å²) in [5.74, 6) is 4.85. The zero-order valence-electron chi connectivity index (χ0n) is 9.09. The molecule has 2 aromatic rings. The molecule has 1 heterocycles. The Labute approximate surface area is 102 Å². The maximum absolute atomic E-state index is 13.5. The first-order chi connectivity index (χ1) is 8.72. The minimum atomic E-state index is -0.651. The highest BCUT2D eigenvalue weighted by atomic mass is 19.1. The molecule has 0 saturated carbocycles. The third-order valence-electron chi connectivity index (χ3n) is 2.04. The number of rotatable bonds is 3. The molecule has 1 aromatic heterocycles. The van der Waals surface area contributed by atoms with Gasteiger partial charge < -0.3 is 10.2 Å². The average Bonchev–Trinajstić information content (AvgIpc) is 2.41. The number of nitrogen functional groups attached to an aromatic ring is 1. The zero-order valence-corrected chi connectivity index (χ0v) is 9.09. The topological polar surface area (TPSA) is 96.8 Å². The lowest BCUT2D eigenvalue weighted by Crippen LogP contribution is -2.09. The van der Waals surface area contributed by atoms with Crippen LogP contribution in [-0.4, -0.2) is 9.97 Å². The van der Waals surface area contributed by atoms with Gasteiger partial charge in [-0.2, -0.15) is 10.2 Å². The molecule has 0 bridgehead atoms. The molecule has 0 aliphatic rings. The van der Waals surface area contributed by atoms with Crippen LogP contribution in [0.1, 0.15) is 5.56 Å². The summed E-state index contributed by atoms with van der Waals surface area (Å²) in [6.45, 7) is 0. The molecule has 0 aliphatic heterocycles. The van der Waals surface area contributed by atoms with E-state index in [4.69, 9.17) is 15.8 Å². The third-order valence-corrected chi connectivity index (χ3v) is 2.04. The summed E-state index contributed by atoms with van der Waals surface area (Å²) < 4.78 is 18.7. The highest BCUT2D eigenvalue weighted by Gasteiger charge is 2.07. The highest BCUT2D eigenvalue weighted by Crippen LogP contribution is 2.23. The van der Waals surface area contributed by atoms with Crippen molar-refractivity contribution in [3.8, 4) is 17.7 Å². The van der Waals surface area contributed by atoms with Gasteiger partial charge in [-0.05, 0) is 18.2 Å². The fourth-order valence-corrected chi connectivity index (χ4v) is 1.23. The standard InChI is InChI=1S/C11H8FN5O/c12-8-3-7(4-13)1-2-9(8)18-11-6-15-5-10(16-11)17-14/h1-3,5-6H,14H2,(H,16,17). The number of hydrazine groups is 1. The molecule has 18 heavy (non-hydrogen) atoms. The van der Waals surface area contributed by atoms with Crippen LogP contribution in [-0.2, 0) is 0 Å². The number of halogens is 1. The molecule has 1 aromatic carbocycles. The van der Waals surface area contributed by atoms with Crippen LogP contribution in [0.15, 0.2) is 30.6 Å². The summed E-state index contributed by atoms with van der Waals surface area (Å²) in [6, 6.07) is 5.69. The summed E-state index contributed by atoms with van der Waals surface area (Å²) in [7, 11) is 0. The summed E-state index contributed by atoms with van der Waals surface area (Å²) >= 11 is 0. The van der Waals surface area contributed by atoms with E-state index in [2.05, 4.69) is 15.4 Å². The largest absolute Gasteiger partial charge is 0.434 e. The van der Waals surface area contributed by atoms with Gasteiger partial charge in [-0.3, -0.25) is 4.98 Å². The Hall–Kier alpha value is -2.72. The van der Waals surface area contributed by atoms with Crippen LogP contribution in [0.2, 0.25) is 0 Å². The lowest BCUT2D eigenvalue weighted by Gasteiger charge is -2.06. The fraction of sp³-hybridized carbons (Fsp3) is 0. The van der Waals surface area contributed by atoms with Crippen molar-refractivity contribution in [1.82, 2.24) is 9.97 Å². The second-order valence-corrected chi connectivity index (χ2v) is 3.25. The van der Waals surface area contributed by atoms with Crippen molar-refractivity contribution in [3.05, 3.63) is 42.0 Å². The lowest BCUT2D eigenvalue weighted by molar-refractivity contribution is 0.426. The van der Waals surface area contributed by atoms with Crippen LogP contribution in [0.4, 0.5) is 10.2 Å². The van der Waals surface area contributed by atoms with Crippen LogP contribution in [0.25, 0.3) is 0 Å². The first-order valence-corrected chi connectivity index (χ1v) is 4.89. The number of nitrogens with two attached hydrogens (primary N) is 1. The molecule has 3 N–H and O–H groups in total. The van der Waals surface area contributed by atoms with Crippen LogP contribution in [0.3, 0.4) is 0 Å². The van der Waals surface area contributed by atoms with E-state index in [0.717, 1.165) is 6.07 Å². The third kappa shape index (κ3) is 2.50. The number of hydrogen-bond donors (Lipinski definition) is 2. The molecule has 7 heteroatoms. The summed E-state index contributed by atoms with van der Waals surface area (Å²) in [6.07, 6.45) is 2.71. The Bertz CT molecular complexity index is 611. The van der Waals surface area contributed by atoms with Gasteiger partial charge in [-0.1, -0.05) is 0 Å². The van der Waals surface area contributed by atoms with Crippen molar-refractivity contribution in [2.45, 2.75) is 0 Å². The van der Waals surface area contributed by atoms with Crippen molar-refractivity contribution in [3.63, 3.8) is 0 Å². The maximum Gasteiger partial charge on any atom is 0.239 e. The van der Waals surface area contributed by atoms with Crippen LogP contribution < -0.4 is 16.0 Å². The molecule has 0 atom stereocenters. The minimum absolute atomic E-state index is 0.0440. The van der Waals surface area contributed by atoms with E-state index in [1.54, 1.807) is 0 Å². The molecule has 0 aliphatic carbocycles. The molecule has 0 saturated heterocycles. The van der Waals surface area contributed by atoms with Crippen molar-refractivity contribution < 1.29 is 9.13 Å². The first kappa shape index (κ1) is 11.8. The van der Waals surface area contributed by atoms with Gasteiger partial charge in [0.25, 0.3) is 0 Å². The number of aromatic nitrogens is 2. The summed E-state index contributed by atoms with van der Waals surface area (Å²) in [5.41, 5.74) is 2.51. The molecule has 0 unspecified atom stereocenters. The first-order valence-electron chi connectivity index (χ1n) is 4.89. The van der Waals surface area contributed by atoms with Gasteiger partial charge >= 0.3 is 0 Å². The van der Waals surface area contributed by atoms with Gasteiger partial charge in [-0.25, -0.2) is 10.2 Å². The van der Waals surface area contributed by atoms with Crippen LogP contribution >= 0.6 is 0 Å². The summed E-state index contributed by atoms with van der Waals surface area (Å²) in [4.78, 5) is 7.73. The Balaban J connectivity index is 2.26. The predicted octanol–water partition coefficient (Wildman–Crippen LogP) is 1.57. The normalized spacial score (nSPS) is 9.61. The Morgan fingerprint density at radius 2 is 2.22 bits per heavy atom. The van der Waals surface area contributed by atoms with E-state index in [-0.39, 0.29) is 17.2 Å². The number of nitriles is 1. The lowest BCUT2D eigenvalue weighted by atomic mass is 10.2. The van der Waals surface area contributed by atoms with Gasteiger partial charge in [0.1, 0.15) is 0 Å². The monoisotopic (exact) mass is 245 g/mol.